The first-order valence-electron chi connectivity index (χ1n) is 5.43. The molecule has 0 radical (unpaired) electrons. The summed E-state index contributed by atoms with van der Waals surface area (Å²) < 4.78 is 12.7. The predicted molar refractivity (Wildman–Crippen MR) is 70.7 cm³/mol. The second kappa shape index (κ2) is 5.65. The fraction of sp³-hybridized carbons (Fsp3) is 0.0714. The number of benzene rings is 2. The van der Waals surface area contributed by atoms with Crippen LogP contribution in [0.15, 0.2) is 48.5 Å². The molecule has 2 aromatic rings. The van der Waals surface area contributed by atoms with E-state index in [1.807, 2.05) is 6.07 Å². The van der Waals surface area contributed by atoms with Crippen LogP contribution in [0.3, 0.4) is 0 Å². The monoisotopic (exact) mass is 263 g/mol. The van der Waals surface area contributed by atoms with E-state index in [2.05, 4.69) is 5.32 Å². The number of nitrogens with one attached hydrogen (secondary N) is 1. The number of hydrogen-bond acceptors (Lipinski definition) is 2. The van der Waals surface area contributed by atoms with Crippen molar-refractivity contribution in [1.82, 2.24) is 0 Å². The van der Waals surface area contributed by atoms with E-state index < -0.39 is 0 Å². The van der Waals surface area contributed by atoms with Crippen LogP contribution in [0.1, 0.15) is 10.4 Å². The van der Waals surface area contributed by atoms with Crippen LogP contribution in [0.2, 0.25) is 5.02 Å². The molecule has 0 fully saturated rings. The standard InChI is InChI=1S/C14H11ClFNO/c15-11-2-1-3-13(8-11)17-9-14(18)10-4-6-12(16)7-5-10/h1-8,17H,9H2. The maximum Gasteiger partial charge on any atom is 0.181 e. The van der Waals surface area contributed by atoms with E-state index in [4.69, 9.17) is 11.6 Å². The maximum absolute atomic E-state index is 12.7. The minimum Gasteiger partial charge on any atom is -0.378 e. The third kappa shape index (κ3) is 3.31. The predicted octanol–water partition coefficient (Wildman–Crippen LogP) is 3.77. The van der Waals surface area contributed by atoms with Crippen LogP contribution < -0.4 is 5.32 Å². The molecule has 18 heavy (non-hydrogen) atoms. The molecule has 4 heteroatoms. The molecule has 0 heterocycles. The van der Waals surface area contributed by atoms with Gasteiger partial charge in [0.25, 0.3) is 0 Å². The lowest BCUT2D eigenvalue weighted by atomic mass is 10.1. The quantitative estimate of drug-likeness (QED) is 0.851. The Hall–Kier alpha value is -1.87. The molecule has 1 N–H and O–H groups in total. The summed E-state index contributed by atoms with van der Waals surface area (Å²) in [5.74, 6) is -0.454. The van der Waals surface area contributed by atoms with Crippen molar-refractivity contribution in [2.75, 3.05) is 11.9 Å². The topological polar surface area (TPSA) is 29.1 Å². The van der Waals surface area contributed by atoms with Crippen molar-refractivity contribution in [3.05, 3.63) is 64.9 Å². The molecule has 0 unspecified atom stereocenters. The molecule has 0 atom stereocenters. The molecule has 0 aliphatic rings. The number of carbonyl (C=O) groups excluding carboxylic acids is 1. The van der Waals surface area contributed by atoms with Crippen molar-refractivity contribution in [2.45, 2.75) is 0 Å². The Morgan fingerprint density at radius 2 is 1.89 bits per heavy atom. The van der Waals surface area contributed by atoms with Gasteiger partial charge < -0.3 is 5.32 Å². The van der Waals surface area contributed by atoms with Gasteiger partial charge in [-0.05, 0) is 42.5 Å². The number of carbonyl (C=O) groups is 1. The lowest BCUT2D eigenvalue weighted by Crippen LogP contribution is -2.13. The van der Waals surface area contributed by atoms with Crippen LogP contribution in [0.25, 0.3) is 0 Å². The number of halogens is 2. The Kier molecular flexibility index (Phi) is 3.95. The van der Waals surface area contributed by atoms with Crippen LogP contribution in [-0.2, 0) is 0 Å². The number of anilines is 1. The molecular weight excluding hydrogens is 253 g/mol. The van der Waals surface area contributed by atoms with E-state index in [9.17, 15) is 9.18 Å². The van der Waals surface area contributed by atoms with E-state index in [0.717, 1.165) is 5.69 Å². The zero-order valence-electron chi connectivity index (χ0n) is 9.49. The molecule has 2 nitrogen and oxygen atoms in total. The zero-order valence-corrected chi connectivity index (χ0v) is 10.2. The summed E-state index contributed by atoms with van der Waals surface area (Å²) in [5, 5.41) is 3.58. The molecule has 0 saturated carbocycles. The summed E-state index contributed by atoms with van der Waals surface area (Å²) in [6.45, 7) is 0.145. The molecule has 2 rings (SSSR count). The first-order valence-corrected chi connectivity index (χ1v) is 5.81. The smallest absolute Gasteiger partial charge is 0.181 e. The van der Waals surface area contributed by atoms with Crippen molar-refractivity contribution >= 4 is 23.1 Å². The molecule has 0 saturated heterocycles. The Balaban J connectivity index is 1.98. The lowest BCUT2D eigenvalue weighted by Gasteiger charge is -2.06. The molecule has 0 aliphatic heterocycles. The van der Waals surface area contributed by atoms with Gasteiger partial charge in [-0.3, -0.25) is 4.79 Å². The van der Waals surface area contributed by atoms with Gasteiger partial charge in [0.15, 0.2) is 5.78 Å². The normalized spacial score (nSPS) is 10.1. The van der Waals surface area contributed by atoms with E-state index in [-0.39, 0.29) is 18.1 Å². The van der Waals surface area contributed by atoms with Crippen molar-refractivity contribution in [2.24, 2.45) is 0 Å². The second-order valence-corrected chi connectivity index (χ2v) is 4.23. The highest BCUT2D eigenvalue weighted by Gasteiger charge is 2.05. The van der Waals surface area contributed by atoms with Crippen LogP contribution in [0.4, 0.5) is 10.1 Å². The van der Waals surface area contributed by atoms with Crippen LogP contribution in [-0.4, -0.2) is 12.3 Å². The fourth-order valence-electron chi connectivity index (χ4n) is 1.52. The maximum atomic E-state index is 12.7. The average molecular weight is 264 g/mol. The van der Waals surface area contributed by atoms with Crippen LogP contribution in [0, 0.1) is 5.82 Å². The molecule has 0 bridgehead atoms. The van der Waals surface area contributed by atoms with Gasteiger partial charge in [-0.15, -0.1) is 0 Å². The van der Waals surface area contributed by atoms with E-state index >= 15 is 0 Å². The van der Waals surface area contributed by atoms with Gasteiger partial charge >= 0.3 is 0 Å². The molecule has 0 aromatic heterocycles. The summed E-state index contributed by atoms with van der Waals surface area (Å²) in [6, 6.07) is 12.6. The number of Topliss-reactive ketones (excluding diaryl/α,β-unsaturated/α-hetero) is 1. The molecule has 0 aliphatic carbocycles. The molecule has 2 aromatic carbocycles. The first-order chi connectivity index (χ1) is 8.65. The van der Waals surface area contributed by atoms with Gasteiger partial charge in [0.2, 0.25) is 0 Å². The van der Waals surface area contributed by atoms with Crippen molar-refractivity contribution in [3.8, 4) is 0 Å². The first kappa shape index (κ1) is 12.6. The third-order valence-electron chi connectivity index (χ3n) is 2.44. The minimum atomic E-state index is -0.352. The van der Waals surface area contributed by atoms with Gasteiger partial charge in [0.05, 0.1) is 6.54 Å². The largest absolute Gasteiger partial charge is 0.378 e. The van der Waals surface area contributed by atoms with Gasteiger partial charge in [-0.1, -0.05) is 17.7 Å². The highest BCUT2D eigenvalue weighted by Crippen LogP contribution is 2.14. The minimum absolute atomic E-state index is 0.102. The van der Waals surface area contributed by atoms with Crippen molar-refractivity contribution < 1.29 is 9.18 Å². The van der Waals surface area contributed by atoms with Crippen molar-refractivity contribution in [1.29, 1.82) is 0 Å². The van der Waals surface area contributed by atoms with E-state index in [0.29, 0.717) is 10.6 Å². The number of rotatable bonds is 4. The lowest BCUT2D eigenvalue weighted by molar-refractivity contribution is 0.101. The third-order valence-corrected chi connectivity index (χ3v) is 2.68. The second-order valence-electron chi connectivity index (χ2n) is 3.79. The van der Waals surface area contributed by atoms with Gasteiger partial charge in [-0.25, -0.2) is 4.39 Å². The fourth-order valence-corrected chi connectivity index (χ4v) is 1.71. The summed E-state index contributed by atoms with van der Waals surface area (Å²) in [5.41, 5.74) is 1.25. The molecule has 0 spiro atoms. The Morgan fingerprint density at radius 1 is 1.17 bits per heavy atom. The van der Waals surface area contributed by atoms with E-state index in [1.165, 1.54) is 24.3 Å². The zero-order chi connectivity index (χ0) is 13.0. The molecule has 0 amide bonds. The number of ketones is 1. The van der Waals surface area contributed by atoms with Crippen LogP contribution >= 0.6 is 11.6 Å². The van der Waals surface area contributed by atoms with Gasteiger partial charge in [0, 0.05) is 16.3 Å². The highest BCUT2D eigenvalue weighted by molar-refractivity contribution is 6.30. The SMILES string of the molecule is O=C(CNc1cccc(Cl)c1)c1ccc(F)cc1. The average Bonchev–Trinajstić information content (AvgIpc) is 2.37. The van der Waals surface area contributed by atoms with E-state index in [1.54, 1.807) is 18.2 Å². The summed E-state index contributed by atoms with van der Waals surface area (Å²) >= 11 is 5.83. The molecular formula is C14H11ClFNO. The van der Waals surface area contributed by atoms with Gasteiger partial charge in [-0.2, -0.15) is 0 Å². The summed E-state index contributed by atoms with van der Waals surface area (Å²) in [7, 11) is 0. The Labute approximate surface area is 109 Å². The number of hydrogen-bond donors (Lipinski definition) is 1. The summed E-state index contributed by atoms with van der Waals surface area (Å²) in [4.78, 5) is 11.8. The van der Waals surface area contributed by atoms with Gasteiger partial charge in [0.1, 0.15) is 5.82 Å². The summed E-state index contributed by atoms with van der Waals surface area (Å²) in [6.07, 6.45) is 0. The Morgan fingerprint density at radius 3 is 2.56 bits per heavy atom. The van der Waals surface area contributed by atoms with Crippen molar-refractivity contribution in [3.63, 3.8) is 0 Å². The van der Waals surface area contributed by atoms with Crippen LogP contribution in [0.5, 0.6) is 0 Å². The molecule has 92 valence electrons. The highest BCUT2D eigenvalue weighted by atomic mass is 35.5. The Bertz CT molecular complexity index is 554.